The van der Waals surface area contributed by atoms with Crippen LogP contribution in [0, 0.1) is 6.92 Å². The number of benzene rings is 1. The number of aryl methyl sites for hydroxylation is 1. The van der Waals surface area contributed by atoms with E-state index in [2.05, 4.69) is 41.3 Å². The Bertz CT molecular complexity index is 688. The summed E-state index contributed by atoms with van der Waals surface area (Å²) in [4.78, 5) is 18.6. The molecule has 2 heterocycles. The molecule has 1 saturated carbocycles. The van der Waals surface area contributed by atoms with Gasteiger partial charge in [0.2, 0.25) is 11.8 Å². The van der Waals surface area contributed by atoms with Gasteiger partial charge in [0.1, 0.15) is 0 Å². The molecule has 5 nitrogen and oxygen atoms in total. The number of carbonyl (C=O) groups is 1. The van der Waals surface area contributed by atoms with Crippen molar-refractivity contribution in [3.63, 3.8) is 0 Å². The summed E-state index contributed by atoms with van der Waals surface area (Å²) < 4.78 is 5.37. The molecule has 0 spiro atoms. The van der Waals surface area contributed by atoms with Crippen LogP contribution < -0.4 is 0 Å². The molecule has 1 aromatic carbocycles. The predicted molar refractivity (Wildman–Crippen MR) is 80.2 cm³/mol. The van der Waals surface area contributed by atoms with Crippen LogP contribution in [0.2, 0.25) is 0 Å². The monoisotopic (exact) mass is 297 g/mol. The van der Waals surface area contributed by atoms with E-state index in [0.29, 0.717) is 31.3 Å². The summed E-state index contributed by atoms with van der Waals surface area (Å²) in [5.74, 6) is 2.13. The zero-order valence-electron chi connectivity index (χ0n) is 12.7. The second kappa shape index (κ2) is 5.23. The van der Waals surface area contributed by atoms with Crippen LogP contribution in [0.4, 0.5) is 0 Å². The minimum Gasteiger partial charge on any atom is -0.339 e. The highest BCUT2D eigenvalue weighted by molar-refractivity contribution is 5.79. The molecule has 1 saturated heterocycles. The van der Waals surface area contributed by atoms with E-state index in [-0.39, 0.29) is 11.8 Å². The van der Waals surface area contributed by atoms with Crippen molar-refractivity contribution in [2.75, 3.05) is 6.54 Å². The quantitative estimate of drug-likeness (QED) is 0.870. The second-order valence-corrected chi connectivity index (χ2v) is 6.43. The SMILES string of the molecule is Cc1ccc(CN2CC(c3nc(C4CC4)no3)CC2=O)cc1. The third kappa shape index (κ3) is 2.63. The molecule has 22 heavy (non-hydrogen) atoms. The lowest BCUT2D eigenvalue weighted by atomic mass is 10.1. The van der Waals surface area contributed by atoms with Crippen molar-refractivity contribution in [2.45, 2.75) is 44.6 Å². The molecule has 4 rings (SSSR count). The van der Waals surface area contributed by atoms with E-state index in [0.717, 1.165) is 24.2 Å². The molecule has 1 atom stereocenters. The van der Waals surface area contributed by atoms with E-state index in [9.17, 15) is 4.79 Å². The summed E-state index contributed by atoms with van der Waals surface area (Å²) in [6, 6.07) is 8.31. The summed E-state index contributed by atoms with van der Waals surface area (Å²) in [5, 5.41) is 4.05. The largest absolute Gasteiger partial charge is 0.339 e. The van der Waals surface area contributed by atoms with Crippen molar-refractivity contribution in [1.29, 1.82) is 0 Å². The van der Waals surface area contributed by atoms with Gasteiger partial charge in [-0.1, -0.05) is 35.0 Å². The third-order valence-corrected chi connectivity index (χ3v) is 4.46. The Kier molecular flexibility index (Phi) is 3.21. The van der Waals surface area contributed by atoms with E-state index in [1.807, 2.05) is 4.90 Å². The highest BCUT2D eigenvalue weighted by Crippen LogP contribution is 2.39. The maximum absolute atomic E-state index is 12.2. The van der Waals surface area contributed by atoms with Gasteiger partial charge in [-0.15, -0.1) is 0 Å². The first kappa shape index (κ1) is 13.5. The van der Waals surface area contributed by atoms with Gasteiger partial charge in [0.05, 0.1) is 5.92 Å². The fourth-order valence-electron chi connectivity index (χ4n) is 2.92. The first-order valence-corrected chi connectivity index (χ1v) is 7.86. The molecule has 0 radical (unpaired) electrons. The molecule has 2 fully saturated rings. The topological polar surface area (TPSA) is 59.2 Å². The zero-order valence-corrected chi connectivity index (χ0v) is 12.7. The Hall–Kier alpha value is -2.17. The Labute approximate surface area is 129 Å². The zero-order chi connectivity index (χ0) is 15.1. The minimum atomic E-state index is 0.0398. The standard InChI is InChI=1S/C17H19N3O2/c1-11-2-4-12(5-3-11)9-20-10-14(8-15(20)21)17-18-16(19-22-17)13-6-7-13/h2-5,13-14H,6-10H2,1H3. The summed E-state index contributed by atoms with van der Waals surface area (Å²) in [5.41, 5.74) is 2.39. The summed E-state index contributed by atoms with van der Waals surface area (Å²) >= 11 is 0. The van der Waals surface area contributed by atoms with Gasteiger partial charge >= 0.3 is 0 Å². The average molecular weight is 297 g/mol. The number of hydrogen-bond acceptors (Lipinski definition) is 4. The Morgan fingerprint density at radius 2 is 2.00 bits per heavy atom. The first-order chi connectivity index (χ1) is 10.7. The number of amides is 1. The third-order valence-electron chi connectivity index (χ3n) is 4.46. The maximum atomic E-state index is 12.2. The number of rotatable bonds is 4. The molecule has 1 aromatic heterocycles. The van der Waals surface area contributed by atoms with E-state index in [4.69, 9.17) is 4.52 Å². The van der Waals surface area contributed by atoms with Crippen LogP contribution in [0.1, 0.15) is 53.9 Å². The first-order valence-electron chi connectivity index (χ1n) is 7.86. The van der Waals surface area contributed by atoms with Crippen molar-refractivity contribution in [2.24, 2.45) is 0 Å². The number of hydrogen-bond donors (Lipinski definition) is 0. The average Bonchev–Trinajstić information content (AvgIpc) is 3.13. The molecule has 5 heteroatoms. The normalized spacial score (nSPS) is 21.6. The molecule has 1 amide bonds. The smallest absolute Gasteiger partial charge is 0.232 e. The Morgan fingerprint density at radius 1 is 1.23 bits per heavy atom. The van der Waals surface area contributed by atoms with Gasteiger partial charge < -0.3 is 9.42 Å². The van der Waals surface area contributed by atoms with Crippen LogP contribution in [-0.4, -0.2) is 27.5 Å². The summed E-state index contributed by atoms with van der Waals surface area (Å²) in [7, 11) is 0. The van der Waals surface area contributed by atoms with Crippen LogP contribution in [0.15, 0.2) is 28.8 Å². The lowest BCUT2D eigenvalue weighted by Gasteiger charge is -2.16. The maximum Gasteiger partial charge on any atom is 0.232 e. The molecule has 1 aliphatic carbocycles. The second-order valence-electron chi connectivity index (χ2n) is 6.43. The van der Waals surface area contributed by atoms with Gasteiger partial charge in [0, 0.05) is 25.4 Å². The van der Waals surface area contributed by atoms with Crippen molar-refractivity contribution in [3.8, 4) is 0 Å². The molecular weight excluding hydrogens is 278 g/mol. The molecule has 2 aliphatic rings. The van der Waals surface area contributed by atoms with Crippen molar-refractivity contribution in [1.82, 2.24) is 15.0 Å². The van der Waals surface area contributed by atoms with Crippen LogP contribution in [0.25, 0.3) is 0 Å². The van der Waals surface area contributed by atoms with Crippen LogP contribution in [0.5, 0.6) is 0 Å². The predicted octanol–water partition coefficient (Wildman–Crippen LogP) is 2.77. The van der Waals surface area contributed by atoms with Crippen LogP contribution >= 0.6 is 0 Å². The van der Waals surface area contributed by atoms with E-state index in [1.54, 1.807) is 0 Å². The highest BCUT2D eigenvalue weighted by Gasteiger charge is 2.36. The molecule has 1 aliphatic heterocycles. The number of aromatic nitrogens is 2. The van der Waals surface area contributed by atoms with Gasteiger partial charge in [0.15, 0.2) is 5.82 Å². The lowest BCUT2D eigenvalue weighted by Crippen LogP contribution is -2.24. The number of carbonyl (C=O) groups excluding carboxylic acids is 1. The van der Waals surface area contributed by atoms with Gasteiger partial charge in [-0.2, -0.15) is 4.98 Å². The highest BCUT2D eigenvalue weighted by atomic mass is 16.5. The summed E-state index contributed by atoms with van der Waals surface area (Å²) in [6.07, 6.45) is 2.78. The molecule has 2 aromatic rings. The molecular formula is C17H19N3O2. The molecule has 0 bridgehead atoms. The van der Waals surface area contributed by atoms with Crippen molar-refractivity contribution in [3.05, 3.63) is 47.1 Å². The molecule has 0 N–H and O–H groups in total. The number of likely N-dealkylation sites (tertiary alicyclic amines) is 1. The molecule has 114 valence electrons. The Balaban J connectivity index is 1.44. The molecule has 1 unspecified atom stereocenters. The van der Waals surface area contributed by atoms with Gasteiger partial charge in [-0.3, -0.25) is 4.79 Å². The van der Waals surface area contributed by atoms with Gasteiger partial charge in [-0.05, 0) is 25.3 Å². The van der Waals surface area contributed by atoms with Crippen molar-refractivity contribution >= 4 is 5.91 Å². The Morgan fingerprint density at radius 3 is 2.73 bits per heavy atom. The fourth-order valence-corrected chi connectivity index (χ4v) is 2.92. The fraction of sp³-hybridized carbons (Fsp3) is 0.471. The van der Waals surface area contributed by atoms with E-state index >= 15 is 0 Å². The van der Waals surface area contributed by atoms with Crippen molar-refractivity contribution < 1.29 is 9.32 Å². The summed E-state index contributed by atoms with van der Waals surface area (Å²) in [6.45, 7) is 3.38. The van der Waals surface area contributed by atoms with Gasteiger partial charge in [0.25, 0.3) is 0 Å². The van der Waals surface area contributed by atoms with Crippen LogP contribution in [0.3, 0.4) is 0 Å². The number of nitrogens with zero attached hydrogens (tertiary/aromatic N) is 3. The lowest BCUT2D eigenvalue weighted by molar-refractivity contribution is -0.128. The van der Waals surface area contributed by atoms with E-state index in [1.165, 1.54) is 5.56 Å². The van der Waals surface area contributed by atoms with E-state index < -0.39 is 0 Å². The van der Waals surface area contributed by atoms with Crippen LogP contribution in [-0.2, 0) is 11.3 Å². The minimum absolute atomic E-state index is 0.0398. The van der Waals surface area contributed by atoms with Gasteiger partial charge in [-0.25, -0.2) is 0 Å².